The van der Waals surface area contributed by atoms with Crippen molar-refractivity contribution >= 4 is 28.2 Å². The monoisotopic (exact) mass is 294 g/mol. The molecule has 0 aromatic carbocycles. The number of thiazole rings is 1. The summed E-state index contributed by atoms with van der Waals surface area (Å²) >= 11 is 1.46. The molecule has 5 nitrogen and oxygen atoms in total. The topological polar surface area (TPSA) is 62.5 Å². The highest BCUT2D eigenvalue weighted by molar-refractivity contribution is 7.18. The second-order valence-electron chi connectivity index (χ2n) is 5.75. The number of hydrogen-bond donors (Lipinski definition) is 1. The lowest BCUT2D eigenvalue weighted by molar-refractivity contribution is 0.0641. The third-order valence-electron chi connectivity index (χ3n) is 4.28. The van der Waals surface area contributed by atoms with Gasteiger partial charge in [0.1, 0.15) is 10.7 Å². The Balaban J connectivity index is 1.80. The number of aromatic nitrogens is 1. The molecule has 2 aliphatic heterocycles. The molecule has 0 saturated carbocycles. The van der Waals surface area contributed by atoms with Gasteiger partial charge in [0.25, 0.3) is 5.91 Å². The lowest BCUT2D eigenvalue weighted by atomic mass is 10.0. The van der Waals surface area contributed by atoms with E-state index in [9.17, 15) is 4.79 Å². The summed E-state index contributed by atoms with van der Waals surface area (Å²) in [5, 5.41) is 0.910. The first-order valence-corrected chi connectivity index (χ1v) is 8.30. The van der Waals surface area contributed by atoms with Gasteiger partial charge in [0.15, 0.2) is 5.13 Å². The first-order chi connectivity index (χ1) is 9.66. The highest BCUT2D eigenvalue weighted by Crippen LogP contribution is 2.32. The number of carbonyl (C=O) groups is 1. The fraction of sp³-hybridized carbons (Fsp3) is 0.714. The average Bonchev–Trinajstić information content (AvgIpc) is 3.07. The summed E-state index contributed by atoms with van der Waals surface area (Å²) in [7, 11) is 0. The van der Waals surface area contributed by atoms with Gasteiger partial charge in [0, 0.05) is 25.7 Å². The summed E-state index contributed by atoms with van der Waals surface area (Å²) < 4.78 is 0. The Morgan fingerprint density at radius 1 is 1.25 bits per heavy atom. The van der Waals surface area contributed by atoms with Crippen molar-refractivity contribution < 1.29 is 4.79 Å². The third kappa shape index (κ3) is 2.49. The number of amides is 1. The number of rotatable bonds is 2. The van der Waals surface area contributed by atoms with Crippen molar-refractivity contribution in [3.63, 3.8) is 0 Å². The van der Waals surface area contributed by atoms with Crippen LogP contribution in [0.5, 0.6) is 0 Å². The van der Waals surface area contributed by atoms with Crippen LogP contribution >= 0.6 is 11.3 Å². The van der Waals surface area contributed by atoms with Crippen molar-refractivity contribution in [2.24, 2.45) is 0 Å². The molecule has 2 aliphatic rings. The molecule has 0 spiro atoms. The lowest BCUT2D eigenvalue weighted by Gasteiger charge is -2.33. The van der Waals surface area contributed by atoms with Crippen molar-refractivity contribution in [2.45, 2.75) is 45.1 Å². The second-order valence-corrected chi connectivity index (χ2v) is 6.73. The van der Waals surface area contributed by atoms with Crippen molar-refractivity contribution in [1.29, 1.82) is 0 Å². The quantitative estimate of drug-likeness (QED) is 0.909. The van der Waals surface area contributed by atoms with Crippen LogP contribution in [0.1, 0.15) is 48.7 Å². The molecule has 2 fully saturated rings. The number of nitrogen functional groups attached to an aromatic ring is 1. The van der Waals surface area contributed by atoms with E-state index in [-0.39, 0.29) is 5.91 Å². The molecule has 3 heterocycles. The van der Waals surface area contributed by atoms with Gasteiger partial charge in [-0.3, -0.25) is 4.79 Å². The first kappa shape index (κ1) is 13.7. The van der Waals surface area contributed by atoms with Crippen LogP contribution in [-0.2, 0) is 0 Å². The van der Waals surface area contributed by atoms with Gasteiger partial charge in [-0.05, 0) is 39.0 Å². The number of anilines is 2. The molecule has 20 heavy (non-hydrogen) atoms. The van der Waals surface area contributed by atoms with Gasteiger partial charge < -0.3 is 15.5 Å². The number of nitrogens with zero attached hydrogens (tertiary/aromatic N) is 3. The summed E-state index contributed by atoms with van der Waals surface area (Å²) in [6, 6.07) is 0.313. The molecule has 6 heteroatoms. The number of hydrogen-bond acceptors (Lipinski definition) is 5. The lowest BCUT2D eigenvalue weighted by Crippen LogP contribution is -2.41. The molecule has 0 radical (unpaired) electrons. The van der Waals surface area contributed by atoms with Gasteiger partial charge in [-0.25, -0.2) is 4.98 Å². The number of nitrogens with two attached hydrogens (primary N) is 1. The van der Waals surface area contributed by atoms with E-state index in [0.29, 0.717) is 16.7 Å². The summed E-state index contributed by atoms with van der Waals surface area (Å²) in [6.07, 6.45) is 5.79. The number of likely N-dealkylation sites (tertiary alicyclic amines) is 1. The molecule has 1 aromatic rings. The molecular weight excluding hydrogens is 272 g/mol. The SMILES string of the molecule is CC1CCCCN1C(=O)c1sc(N2CCCC2)nc1N. The Morgan fingerprint density at radius 3 is 2.65 bits per heavy atom. The maximum Gasteiger partial charge on any atom is 0.268 e. The van der Waals surface area contributed by atoms with Crippen LogP contribution in [0.2, 0.25) is 0 Å². The van der Waals surface area contributed by atoms with Gasteiger partial charge in [-0.15, -0.1) is 0 Å². The minimum atomic E-state index is 0.0673. The van der Waals surface area contributed by atoms with Crippen LogP contribution in [0, 0.1) is 0 Å². The van der Waals surface area contributed by atoms with Gasteiger partial charge in [0.2, 0.25) is 0 Å². The van der Waals surface area contributed by atoms with E-state index in [1.54, 1.807) is 0 Å². The molecule has 1 unspecified atom stereocenters. The fourth-order valence-electron chi connectivity index (χ4n) is 3.05. The van der Waals surface area contributed by atoms with Crippen LogP contribution in [0.3, 0.4) is 0 Å². The average molecular weight is 294 g/mol. The predicted molar refractivity (Wildman–Crippen MR) is 82.3 cm³/mol. The molecule has 1 aromatic heterocycles. The zero-order chi connectivity index (χ0) is 14.1. The zero-order valence-corrected chi connectivity index (χ0v) is 12.8. The molecule has 2 N–H and O–H groups in total. The van der Waals surface area contributed by atoms with Crippen molar-refractivity contribution in [3.05, 3.63) is 4.88 Å². The minimum absolute atomic E-state index is 0.0673. The summed E-state index contributed by atoms with van der Waals surface area (Å²) in [6.45, 7) is 5.02. The van der Waals surface area contributed by atoms with Crippen LogP contribution in [0.4, 0.5) is 10.9 Å². The van der Waals surface area contributed by atoms with E-state index in [1.807, 2.05) is 4.90 Å². The van der Waals surface area contributed by atoms with Gasteiger partial charge in [-0.1, -0.05) is 11.3 Å². The number of piperidine rings is 1. The second kappa shape index (κ2) is 5.60. The smallest absolute Gasteiger partial charge is 0.268 e. The predicted octanol–water partition coefficient (Wildman–Crippen LogP) is 2.34. The molecular formula is C14H22N4OS. The van der Waals surface area contributed by atoms with Gasteiger partial charge >= 0.3 is 0 Å². The van der Waals surface area contributed by atoms with Crippen molar-refractivity contribution in [2.75, 3.05) is 30.3 Å². The van der Waals surface area contributed by atoms with Gasteiger partial charge in [0.05, 0.1) is 0 Å². The van der Waals surface area contributed by atoms with Crippen LogP contribution < -0.4 is 10.6 Å². The molecule has 2 saturated heterocycles. The number of carbonyl (C=O) groups excluding carboxylic acids is 1. The zero-order valence-electron chi connectivity index (χ0n) is 12.0. The molecule has 0 aliphatic carbocycles. The van der Waals surface area contributed by atoms with E-state index >= 15 is 0 Å². The van der Waals surface area contributed by atoms with Crippen molar-refractivity contribution in [1.82, 2.24) is 9.88 Å². The third-order valence-corrected chi connectivity index (χ3v) is 5.40. The fourth-order valence-corrected chi connectivity index (χ4v) is 4.04. The standard InChI is InChI=1S/C14H22N4OS/c1-10-6-2-3-9-18(10)13(19)11-12(15)16-14(20-11)17-7-4-5-8-17/h10H,2-9,15H2,1H3. The molecule has 110 valence electrons. The highest BCUT2D eigenvalue weighted by Gasteiger charge is 2.29. The van der Waals surface area contributed by atoms with E-state index < -0.39 is 0 Å². The Bertz CT molecular complexity index is 495. The summed E-state index contributed by atoms with van der Waals surface area (Å²) in [5.74, 6) is 0.470. The van der Waals surface area contributed by atoms with E-state index in [2.05, 4.69) is 16.8 Å². The molecule has 1 atom stereocenters. The largest absolute Gasteiger partial charge is 0.382 e. The molecule has 1 amide bonds. The maximum atomic E-state index is 12.7. The van der Waals surface area contributed by atoms with Crippen LogP contribution in [0.15, 0.2) is 0 Å². The summed E-state index contributed by atoms with van der Waals surface area (Å²) in [4.78, 5) is 21.9. The van der Waals surface area contributed by atoms with E-state index in [0.717, 1.165) is 37.6 Å². The Morgan fingerprint density at radius 2 is 1.95 bits per heavy atom. The Labute approximate surface area is 123 Å². The van der Waals surface area contributed by atoms with Gasteiger partial charge in [-0.2, -0.15) is 0 Å². The molecule has 0 bridgehead atoms. The molecule has 3 rings (SSSR count). The van der Waals surface area contributed by atoms with Crippen LogP contribution in [0.25, 0.3) is 0 Å². The highest BCUT2D eigenvalue weighted by atomic mass is 32.1. The summed E-state index contributed by atoms with van der Waals surface area (Å²) in [5.41, 5.74) is 5.99. The van der Waals surface area contributed by atoms with Crippen molar-refractivity contribution in [3.8, 4) is 0 Å². The minimum Gasteiger partial charge on any atom is -0.382 e. The Kier molecular flexibility index (Phi) is 3.83. The van der Waals surface area contributed by atoms with E-state index in [1.165, 1.54) is 30.6 Å². The van der Waals surface area contributed by atoms with E-state index in [4.69, 9.17) is 5.73 Å². The van der Waals surface area contributed by atoms with Crippen LogP contribution in [-0.4, -0.2) is 41.5 Å². The Hall–Kier alpha value is -1.30. The normalized spacial score (nSPS) is 23.4. The maximum absolute atomic E-state index is 12.7. The first-order valence-electron chi connectivity index (χ1n) is 7.49.